The van der Waals surface area contributed by atoms with E-state index in [9.17, 15) is 9.59 Å². The number of benzene rings is 2. The number of nitrogens with one attached hydrogen (secondary N) is 1. The molecule has 0 spiro atoms. The molecule has 1 aliphatic heterocycles. The Kier molecular flexibility index (Phi) is 5.48. The molecule has 0 bridgehead atoms. The number of carbonyl (C=O) groups excluding carboxylic acids is 2. The Morgan fingerprint density at radius 3 is 2.73 bits per heavy atom. The van der Waals surface area contributed by atoms with Gasteiger partial charge >= 0.3 is 5.97 Å². The zero-order valence-corrected chi connectivity index (χ0v) is 14.6. The Bertz CT molecular complexity index is 825. The van der Waals surface area contributed by atoms with Crippen molar-refractivity contribution in [1.29, 1.82) is 0 Å². The molecule has 0 fully saturated rings. The highest BCUT2D eigenvalue weighted by molar-refractivity contribution is 6.32. The van der Waals surface area contributed by atoms with Gasteiger partial charge in [0.1, 0.15) is 12.4 Å². The summed E-state index contributed by atoms with van der Waals surface area (Å²) in [6.07, 6.45) is -0.923. The lowest BCUT2D eigenvalue weighted by Gasteiger charge is -2.24. The average Bonchev–Trinajstić information content (AvgIpc) is 2.66. The van der Waals surface area contributed by atoms with Gasteiger partial charge in [-0.2, -0.15) is 0 Å². The van der Waals surface area contributed by atoms with E-state index in [1.165, 1.54) is 13.2 Å². The van der Waals surface area contributed by atoms with Gasteiger partial charge < -0.3 is 24.3 Å². The quantitative estimate of drug-likeness (QED) is 0.806. The second-order valence-corrected chi connectivity index (χ2v) is 5.78. The number of ether oxygens (including phenoxy) is 4. The summed E-state index contributed by atoms with van der Waals surface area (Å²) in [7, 11) is 1.49. The summed E-state index contributed by atoms with van der Waals surface area (Å²) in [4.78, 5) is 24.0. The molecule has 0 radical (unpaired) electrons. The molecule has 0 saturated carbocycles. The summed E-state index contributed by atoms with van der Waals surface area (Å²) in [6.45, 7) is -0.435. The largest absolute Gasteiger partial charge is 0.495 e. The van der Waals surface area contributed by atoms with E-state index >= 15 is 0 Å². The van der Waals surface area contributed by atoms with E-state index in [-0.39, 0.29) is 6.61 Å². The van der Waals surface area contributed by atoms with Gasteiger partial charge in [0.05, 0.1) is 12.1 Å². The Labute approximate surface area is 154 Å². The number of para-hydroxylation sites is 2. The first-order valence-corrected chi connectivity index (χ1v) is 8.13. The summed E-state index contributed by atoms with van der Waals surface area (Å²) < 4.78 is 21.0. The SMILES string of the molecule is COc1ccc(NC(=O)COC(=O)[C@@H]2COc3ccccc3O2)cc1Cl. The molecule has 1 N–H and O–H groups in total. The lowest BCUT2D eigenvalue weighted by molar-refractivity contribution is -0.156. The predicted octanol–water partition coefficient (Wildman–Crippen LogP) is 2.67. The van der Waals surface area contributed by atoms with Crippen molar-refractivity contribution in [3.05, 3.63) is 47.5 Å². The van der Waals surface area contributed by atoms with Gasteiger partial charge in [-0.15, -0.1) is 0 Å². The number of hydrogen-bond acceptors (Lipinski definition) is 6. The molecule has 2 aromatic carbocycles. The Hall–Kier alpha value is -2.93. The van der Waals surface area contributed by atoms with Crippen molar-refractivity contribution in [3.8, 4) is 17.2 Å². The highest BCUT2D eigenvalue weighted by Crippen LogP contribution is 2.31. The van der Waals surface area contributed by atoms with Gasteiger partial charge in [0, 0.05) is 5.69 Å². The number of carbonyl (C=O) groups is 2. The number of fused-ring (bicyclic) bond motifs is 1. The first-order chi connectivity index (χ1) is 12.6. The molecular formula is C18H16ClNO6. The summed E-state index contributed by atoms with van der Waals surface area (Å²) in [5.41, 5.74) is 0.461. The van der Waals surface area contributed by atoms with Crippen LogP contribution in [0.1, 0.15) is 0 Å². The minimum atomic E-state index is -0.923. The molecule has 1 heterocycles. The maximum absolute atomic E-state index is 12.1. The monoisotopic (exact) mass is 377 g/mol. The van der Waals surface area contributed by atoms with Crippen LogP contribution in [0.4, 0.5) is 5.69 Å². The van der Waals surface area contributed by atoms with Crippen molar-refractivity contribution in [3.63, 3.8) is 0 Å². The summed E-state index contributed by atoms with van der Waals surface area (Å²) >= 11 is 5.99. The van der Waals surface area contributed by atoms with Gasteiger partial charge in [-0.3, -0.25) is 4.79 Å². The molecule has 8 heteroatoms. The minimum absolute atomic E-state index is 0.0194. The molecule has 0 saturated heterocycles. The molecular weight excluding hydrogens is 362 g/mol. The summed E-state index contributed by atoms with van der Waals surface area (Å²) in [5.74, 6) is 0.327. The molecule has 0 aliphatic carbocycles. The van der Waals surface area contributed by atoms with Gasteiger partial charge in [0.2, 0.25) is 6.10 Å². The van der Waals surface area contributed by atoms with Crippen LogP contribution in [-0.4, -0.2) is 38.3 Å². The van der Waals surface area contributed by atoms with Crippen LogP contribution in [0.25, 0.3) is 0 Å². The van der Waals surface area contributed by atoms with E-state index in [4.69, 9.17) is 30.5 Å². The van der Waals surface area contributed by atoms with Crippen LogP contribution in [0.3, 0.4) is 0 Å². The number of hydrogen-bond donors (Lipinski definition) is 1. The molecule has 0 aromatic heterocycles. The molecule has 0 unspecified atom stereocenters. The minimum Gasteiger partial charge on any atom is -0.495 e. The van der Waals surface area contributed by atoms with Crippen LogP contribution in [0, 0.1) is 0 Å². The molecule has 136 valence electrons. The van der Waals surface area contributed by atoms with E-state index in [0.717, 1.165) is 0 Å². The maximum Gasteiger partial charge on any atom is 0.351 e. The van der Waals surface area contributed by atoms with Gasteiger partial charge in [0.15, 0.2) is 18.1 Å². The van der Waals surface area contributed by atoms with Gasteiger partial charge in [-0.25, -0.2) is 4.79 Å². The fourth-order valence-corrected chi connectivity index (χ4v) is 2.56. The highest BCUT2D eigenvalue weighted by atomic mass is 35.5. The van der Waals surface area contributed by atoms with E-state index in [1.807, 2.05) is 0 Å². The Morgan fingerprint density at radius 1 is 1.23 bits per heavy atom. The van der Waals surface area contributed by atoms with Crippen molar-refractivity contribution >= 4 is 29.2 Å². The smallest absolute Gasteiger partial charge is 0.351 e. The third-order valence-electron chi connectivity index (χ3n) is 3.55. The number of anilines is 1. The Balaban J connectivity index is 1.50. The third kappa shape index (κ3) is 4.18. The zero-order valence-electron chi connectivity index (χ0n) is 13.9. The van der Waals surface area contributed by atoms with Gasteiger partial charge in [0.25, 0.3) is 5.91 Å². The predicted molar refractivity (Wildman–Crippen MR) is 93.9 cm³/mol. The fourth-order valence-electron chi connectivity index (χ4n) is 2.31. The summed E-state index contributed by atoms with van der Waals surface area (Å²) in [6, 6.07) is 11.8. The van der Waals surface area contributed by atoms with Crippen molar-refractivity contribution in [1.82, 2.24) is 0 Å². The second-order valence-electron chi connectivity index (χ2n) is 5.37. The van der Waals surface area contributed by atoms with Crippen LogP contribution in [0.15, 0.2) is 42.5 Å². The number of methoxy groups -OCH3 is 1. The maximum atomic E-state index is 12.1. The van der Waals surface area contributed by atoms with E-state index < -0.39 is 24.6 Å². The van der Waals surface area contributed by atoms with Gasteiger partial charge in [-0.1, -0.05) is 23.7 Å². The van der Waals surface area contributed by atoms with Crippen molar-refractivity contribution in [2.45, 2.75) is 6.10 Å². The first kappa shape index (κ1) is 17.9. The zero-order chi connectivity index (χ0) is 18.5. The fraction of sp³-hybridized carbons (Fsp3) is 0.222. The molecule has 26 heavy (non-hydrogen) atoms. The number of halogens is 1. The van der Waals surface area contributed by atoms with Crippen molar-refractivity contribution in [2.75, 3.05) is 25.6 Å². The van der Waals surface area contributed by atoms with Crippen molar-refractivity contribution < 1.29 is 28.5 Å². The molecule has 2 aromatic rings. The molecule has 1 atom stereocenters. The second kappa shape index (κ2) is 7.97. The van der Waals surface area contributed by atoms with Crippen molar-refractivity contribution in [2.24, 2.45) is 0 Å². The van der Waals surface area contributed by atoms with Crippen LogP contribution < -0.4 is 19.5 Å². The molecule has 7 nitrogen and oxygen atoms in total. The standard InChI is InChI=1S/C18H16ClNO6/c1-23-13-7-6-11(8-12(13)19)20-17(21)10-25-18(22)16-9-24-14-4-2-3-5-15(14)26-16/h2-8,16H,9-10H2,1H3,(H,20,21)/t16-/m0/s1. The van der Waals surface area contributed by atoms with E-state index in [2.05, 4.69) is 5.32 Å². The highest BCUT2D eigenvalue weighted by Gasteiger charge is 2.29. The average molecular weight is 378 g/mol. The number of rotatable bonds is 5. The first-order valence-electron chi connectivity index (χ1n) is 7.75. The lowest BCUT2D eigenvalue weighted by atomic mass is 10.2. The van der Waals surface area contributed by atoms with Gasteiger partial charge in [-0.05, 0) is 30.3 Å². The topological polar surface area (TPSA) is 83.1 Å². The number of amides is 1. The van der Waals surface area contributed by atoms with Crippen LogP contribution in [0.5, 0.6) is 17.2 Å². The summed E-state index contributed by atoms with van der Waals surface area (Å²) in [5, 5.41) is 2.94. The number of esters is 1. The van der Waals surface area contributed by atoms with Crippen LogP contribution >= 0.6 is 11.6 Å². The molecule has 3 rings (SSSR count). The molecule has 1 aliphatic rings. The van der Waals surface area contributed by atoms with E-state index in [1.54, 1.807) is 36.4 Å². The Morgan fingerprint density at radius 2 is 2.00 bits per heavy atom. The van der Waals surface area contributed by atoms with Crippen LogP contribution in [0.2, 0.25) is 5.02 Å². The third-order valence-corrected chi connectivity index (χ3v) is 3.85. The molecule has 1 amide bonds. The lowest BCUT2D eigenvalue weighted by Crippen LogP contribution is -2.39. The normalized spacial score (nSPS) is 15.1. The van der Waals surface area contributed by atoms with E-state index in [0.29, 0.717) is 28.0 Å². The van der Waals surface area contributed by atoms with Crippen LogP contribution in [-0.2, 0) is 14.3 Å².